The van der Waals surface area contributed by atoms with E-state index in [4.69, 9.17) is 4.98 Å². The number of hydrogen-bond acceptors (Lipinski definition) is 3. The van der Waals surface area contributed by atoms with Gasteiger partial charge in [-0.15, -0.1) is 11.3 Å². The second kappa shape index (κ2) is 5.57. The summed E-state index contributed by atoms with van der Waals surface area (Å²) >= 11 is 1.51. The van der Waals surface area contributed by atoms with Crippen molar-refractivity contribution >= 4 is 28.3 Å². The summed E-state index contributed by atoms with van der Waals surface area (Å²) in [5.41, 5.74) is 2.00. The predicted octanol–water partition coefficient (Wildman–Crippen LogP) is 3.99. The molecule has 4 rings (SSSR count). The predicted molar refractivity (Wildman–Crippen MR) is 88.0 cm³/mol. The van der Waals surface area contributed by atoms with Gasteiger partial charge in [0, 0.05) is 6.54 Å². The molecule has 0 saturated carbocycles. The second-order valence-electron chi connectivity index (χ2n) is 5.63. The monoisotopic (exact) mass is 311 g/mol. The second-order valence-corrected chi connectivity index (χ2v) is 6.57. The van der Waals surface area contributed by atoms with Crippen molar-refractivity contribution in [1.29, 1.82) is 0 Å². The molecule has 112 valence electrons. The molecule has 1 aliphatic heterocycles. The lowest BCUT2D eigenvalue weighted by atomic mass is 10.0. The van der Waals surface area contributed by atoms with Crippen molar-refractivity contribution < 1.29 is 4.79 Å². The van der Waals surface area contributed by atoms with E-state index in [-0.39, 0.29) is 11.9 Å². The number of imidazole rings is 1. The van der Waals surface area contributed by atoms with E-state index in [2.05, 4.69) is 4.98 Å². The van der Waals surface area contributed by atoms with E-state index >= 15 is 0 Å². The number of fused-ring (bicyclic) bond motifs is 1. The molecule has 1 atom stereocenters. The van der Waals surface area contributed by atoms with Crippen molar-refractivity contribution in [3.8, 4) is 0 Å². The normalized spacial score (nSPS) is 18.7. The number of thiophene rings is 1. The largest absolute Gasteiger partial charge is 0.340 e. The molecule has 1 saturated heterocycles. The van der Waals surface area contributed by atoms with E-state index in [0.717, 1.165) is 47.5 Å². The van der Waals surface area contributed by atoms with Crippen LogP contribution < -0.4 is 0 Å². The molecule has 1 aromatic carbocycles. The number of piperidine rings is 1. The van der Waals surface area contributed by atoms with Gasteiger partial charge in [-0.05, 0) is 42.8 Å². The number of nitrogens with one attached hydrogen (secondary N) is 1. The number of benzene rings is 1. The van der Waals surface area contributed by atoms with Crippen molar-refractivity contribution in [2.45, 2.75) is 25.3 Å². The van der Waals surface area contributed by atoms with Crippen molar-refractivity contribution in [3.63, 3.8) is 0 Å². The van der Waals surface area contributed by atoms with E-state index < -0.39 is 0 Å². The highest BCUT2D eigenvalue weighted by Crippen LogP contribution is 2.32. The molecule has 1 N–H and O–H groups in total. The van der Waals surface area contributed by atoms with Gasteiger partial charge in [-0.3, -0.25) is 4.79 Å². The fourth-order valence-corrected chi connectivity index (χ4v) is 3.81. The number of hydrogen-bond donors (Lipinski definition) is 1. The van der Waals surface area contributed by atoms with E-state index in [1.807, 2.05) is 46.7 Å². The van der Waals surface area contributed by atoms with Gasteiger partial charge in [0.1, 0.15) is 5.82 Å². The Balaban J connectivity index is 1.69. The van der Waals surface area contributed by atoms with Crippen LogP contribution in [0.15, 0.2) is 41.8 Å². The Bertz CT molecular complexity index is 760. The van der Waals surface area contributed by atoms with Gasteiger partial charge in [0.25, 0.3) is 5.91 Å². The maximum absolute atomic E-state index is 12.8. The molecule has 22 heavy (non-hydrogen) atoms. The zero-order valence-corrected chi connectivity index (χ0v) is 13.0. The van der Waals surface area contributed by atoms with Crippen molar-refractivity contribution in [1.82, 2.24) is 14.9 Å². The summed E-state index contributed by atoms with van der Waals surface area (Å²) < 4.78 is 0. The Morgan fingerprint density at radius 2 is 2.14 bits per heavy atom. The molecule has 0 radical (unpaired) electrons. The number of carbonyl (C=O) groups excluding carboxylic acids is 1. The van der Waals surface area contributed by atoms with Gasteiger partial charge in [0.2, 0.25) is 0 Å². The molecular weight excluding hydrogens is 294 g/mol. The number of aromatic nitrogens is 2. The Kier molecular flexibility index (Phi) is 3.42. The number of nitrogens with zero attached hydrogens (tertiary/aromatic N) is 2. The van der Waals surface area contributed by atoms with Gasteiger partial charge in [0.05, 0.1) is 22.0 Å². The average molecular weight is 311 g/mol. The van der Waals surface area contributed by atoms with E-state index in [0.29, 0.717) is 0 Å². The number of likely N-dealkylation sites (tertiary alicyclic amines) is 1. The van der Waals surface area contributed by atoms with E-state index in [9.17, 15) is 4.79 Å². The van der Waals surface area contributed by atoms with E-state index in [1.54, 1.807) is 0 Å². The SMILES string of the molecule is O=C(c1cccs1)N1CCCCC1c1nc2ccccc2[nH]1. The number of H-pyrrole nitrogens is 1. The Labute approximate surface area is 132 Å². The first-order valence-corrected chi connectivity index (χ1v) is 8.50. The summed E-state index contributed by atoms with van der Waals surface area (Å²) in [4.78, 5) is 23.6. The lowest BCUT2D eigenvalue weighted by molar-refractivity contribution is 0.0606. The summed E-state index contributed by atoms with van der Waals surface area (Å²) in [6, 6.07) is 11.9. The topological polar surface area (TPSA) is 49.0 Å². The van der Waals surface area contributed by atoms with Crippen LogP contribution in [0.4, 0.5) is 0 Å². The third-order valence-electron chi connectivity index (χ3n) is 4.22. The first-order valence-electron chi connectivity index (χ1n) is 7.62. The zero-order valence-electron chi connectivity index (χ0n) is 12.2. The smallest absolute Gasteiger partial charge is 0.264 e. The molecule has 5 heteroatoms. The molecule has 4 nitrogen and oxygen atoms in total. The Hall–Kier alpha value is -2.14. The number of carbonyl (C=O) groups is 1. The van der Waals surface area contributed by atoms with Crippen LogP contribution >= 0.6 is 11.3 Å². The molecule has 1 aliphatic rings. The van der Waals surface area contributed by atoms with Crippen LogP contribution in [0.25, 0.3) is 11.0 Å². The minimum atomic E-state index is 0.0516. The molecule has 1 unspecified atom stereocenters. The molecule has 1 fully saturated rings. The fourth-order valence-electron chi connectivity index (χ4n) is 3.13. The molecule has 0 bridgehead atoms. The summed E-state index contributed by atoms with van der Waals surface area (Å²) in [7, 11) is 0. The number of rotatable bonds is 2. The van der Waals surface area contributed by atoms with Crippen molar-refractivity contribution in [3.05, 3.63) is 52.5 Å². The number of amides is 1. The van der Waals surface area contributed by atoms with Crippen LogP contribution in [0.1, 0.15) is 40.8 Å². The summed E-state index contributed by atoms with van der Waals surface area (Å²) in [6.07, 6.45) is 3.17. The van der Waals surface area contributed by atoms with Crippen molar-refractivity contribution in [2.24, 2.45) is 0 Å². The molecule has 0 aliphatic carbocycles. The highest BCUT2D eigenvalue weighted by molar-refractivity contribution is 7.12. The number of aromatic amines is 1. The van der Waals surface area contributed by atoms with Crippen LogP contribution in [0.2, 0.25) is 0 Å². The summed E-state index contributed by atoms with van der Waals surface area (Å²) in [6.45, 7) is 0.804. The van der Waals surface area contributed by atoms with Crippen LogP contribution in [-0.4, -0.2) is 27.3 Å². The summed E-state index contributed by atoms with van der Waals surface area (Å²) in [5, 5.41) is 1.95. The first kappa shape index (κ1) is 13.5. The molecule has 3 heterocycles. The first-order chi connectivity index (χ1) is 10.8. The third kappa shape index (κ3) is 2.31. The molecule has 2 aromatic heterocycles. The minimum absolute atomic E-state index is 0.0516. The number of para-hydroxylation sites is 2. The lowest BCUT2D eigenvalue weighted by Crippen LogP contribution is -2.38. The molecule has 1 amide bonds. The molecule has 0 spiro atoms. The zero-order chi connectivity index (χ0) is 14.9. The highest BCUT2D eigenvalue weighted by atomic mass is 32.1. The fraction of sp³-hybridized carbons (Fsp3) is 0.294. The maximum atomic E-state index is 12.8. The third-order valence-corrected chi connectivity index (χ3v) is 5.08. The highest BCUT2D eigenvalue weighted by Gasteiger charge is 2.31. The minimum Gasteiger partial charge on any atom is -0.340 e. The van der Waals surface area contributed by atoms with Gasteiger partial charge < -0.3 is 9.88 Å². The van der Waals surface area contributed by atoms with Gasteiger partial charge >= 0.3 is 0 Å². The van der Waals surface area contributed by atoms with Crippen LogP contribution in [0, 0.1) is 0 Å². The van der Waals surface area contributed by atoms with Crippen LogP contribution in [-0.2, 0) is 0 Å². The maximum Gasteiger partial charge on any atom is 0.264 e. The van der Waals surface area contributed by atoms with Gasteiger partial charge in [-0.1, -0.05) is 18.2 Å². The van der Waals surface area contributed by atoms with Crippen LogP contribution in [0.3, 0.4) is 0 Å². The van der Waals surface area contributed by atoms with E-state index in [1.165, 1.54) is 11.3 Å². The average Bonchev–Trinajstić information content (AvgIpc) is 3.23. The lowest BCUT2D eigenvalue weighted by Gasteiger charge is -2.34. The quantitative estimate of drug-likeness (QED) is 0.778. The Morgan fingerprint density at radius 1 is 1.23 bits per heavy atom. The molecule has 3 aromatic rings. The Morgan fingerprint density at radius 3 is 2.95 bits per heavy atom. The van der Waals surface area contributed by atoms with Gasteiger partial charge in [-0.25, -0.2) is 4.98 Å². The van der Waals surface area contributed by atoms with Crippen LogP contribution in [0.5, 0.6) is 0 Å². The standard InChI is InChI=1S/C17H17N3OS/c21-17(15-9-5-11-22-15)20-10-4-3-8-14(20)16-18-12-6-1-2-7-13(12)19-16/h1-2,5-7,9,11,14H,3-4,8,10H2,(H,18,19). The van der Waals surface area contributed by atoms with Crippen molar-refractivity contribution in [2.75, 3.05) is 6.54 Å². The van der Waals surface area contributed by atoms with Gasteiger partial charge in [-0.2, -0.15) is 0 Å². The summed E-state index contributed by atoms with van der Waals surface area (Å²) in [5.74, 6) is 1.03. The molecular formula is C17H17N3OS. The van der Waals surface area contributed by atoms with Gasteiger partial charge in [0.15, 0.2) is 0 Å².